The number of imidazole rings is 1. The molecule has 1 amide bonds. The maximum absolute atomic E-state index is 13.4. The number of para-hydroxylation sites is 2. The predicted octanol–water partition coefficient (Wildman–Crippen LogP) is 3.38. The highest BCUT2D eigenvalue weighted by Gasteiger charge is 2.21. The van der Waals surface area contributed by atoms with E-state index in [4.69, 9.17) is 4.52 Å². The summed E-state index contributed by atoms with van der Waals surface area (Å²) >= 11 is 0. The van der Waals surface area contributed by atoms with Gasteiger partial charge in [-0.1, -0.05) is 47.6 Å². The zero-order valence-electron chi connectivity index (χ0n) is 15.3. The summed E-state index contributed by atoms with van der Waals surface area (Å²) in [6.07, 6.45) is -2.10. The molecule has 2 heterocycles. The molecule has 9 heteroatoms. The van der Waals surface area contributed by atoms with E-state index < -0.39 is 12.3 Å². The lowest BCUT2D eigenvalue weighted by Gasteiger charge is -2.05. The Labute approximate surface area is 164 Å². The number of fused-ring (bicyclic) bond motifs is 1. The largest absolute Gasteiger partial charge is 0.347 e. The molecular formula is C20H17F2N5O2. The molecule has 0 fully saturated rings. The van der Waals surface area contributed by atoms with Crippen molar-refractivity contribution in [3.8, 4) is 0 Å². The number of carbonyl (C=O) groups excluding carboxylic acids is 1. The first kappa shape index (κ1) is 18.7. The van der Waals surface area contributed by atoms with Crippen molar-refractivity contribution in [3.05, 3.63) is 77.7 Å². The average molecular weight is 397 g/mol. The number of carbonyl (C=O) groups is 1. The summed E-state index contributed by atoms with van der Waals surface area (Å²) in [4.78, 5) is 20.2. The average Bonchev–Trinajstić information content (AvgIpc) is 3.34. The first-order valence-electron chi connectivity index (χ1n) is 9.00. The van der Waals surface area contributed by atoms with Gasteiger partial charge in [-0.2, -0.15) is 4.98 Å². The van der Waals surface area contributed by atoms with Gasteiger partial charge in [0.05, 0.1) is 17.6 Å². The summed E-state index contributed by atoms with van der Waals surface area (Å²) in [7, 11) is 0. The fourth-order valence-corrected chi connectivity index (χ4v) is 3.02. The van der Waals surface area contributed by atoms with Crippen molar-refractivity contribution < 1.29 is 18.1 Å². The van der Waals surface area contributed by atoms with Crippen molar-refractivity contribution >= 4 is 16.9 Å². The van der Waals surface area contributed by atoms with E-state index in [0.29, 0.717) is 24.0 Å². The van der Waals surface area contributed by atoms with Gasteiger partial charge in [0.2, 0.25) is 0 Å². The van der Waals surface area contributed by atoms with Gasteiger partial charge in [-0.25, -0.2) is 13.8 Å². The van der Waals surface area contributed by atoms with Crippen LogP contribution in [0.2, 0.25) is 0 Å². The van der Waals surface area contributed by atoms with Crippen LogP contribution in [-0.2, 0) is 13.0 Å². The Balaban J connectivity index is 1.45. The highest BCUT2D eigenvalue weighted by Crippen LogP contribution is 2.24. The fraction of sp³-hybridized carbons (Fsp3) is 0.200. The number of alkyl halides is 2. The number of hydrogen-bond donors (Lipinski definition) is 1. The van der Waals surface area contributed by atoms with Crippen molar-refractivity contribution in [2.45, 2.75) is 19.4 Å². The Morgan fingerprint density at radius 1 is 1.07 bits per heavy atom. The summed E-state index contributed by atoms with van der Waals surface area (Å²) in [5.41, 5.74) is 2.07. The van der Waals surface area contributed by atoms with E-state index in [1.807, 2.05) is 30.3 Å². The zero-order chi connectivity index (χ0) is 20.2. The third-order valence-electron chi connectivity index (χ3n) is 4.38. The van der Waals surface area contributed by atoms with Gasteiger partial charge in [-0.3, -0.25) is 4.79 Å². The molecular weight excluding hydrogens is 380 g/mol. The number of aromatic nitrogens is 4. The Hall–Kier alpha value is -3.62. The monoisotopic (exact) mass is 397 g/mol. The third-order valence-corrected chi connectivity index (χ3v) is 4.38. The van der Waals surface area contributed by atoms with Crippen LogP contribution in [0.3, 0.4) is 0 Å². The number of halogens is 2. The SMILES string of the molecule is O=C(NCCc1ccccc1)c1nc(Cn2c(C(F)F)nc3ccccc32)no1. The predicted molar refractivity (Wildman–Crippen MR) is 101 cm³/mol. The van der Waals surface area contributed by atoms with Crippen molar-refractivity contribution in [2.75, 3.05) is 6.54 Å². The molecule has 0 aliphatic heterocycles. The Morgan fingerprint density at radius 3 is 2.62 bits per heavy atom. The van der Waals surface area contributed by atoms with E-state index in [1.54, 1.807) is 24.3 Å². The van der Waals surface area contributed by atoms with Crippen molar-refractivity contribution in [3.63, 3.8) is 0 Å². The Bertz CT molecular complexity index is 1120. The molecule has 0 spiro atoms. The highest BCUT2D eigenvalue weighted by atomic mass is 19.3. The molecule has 4 rings (SSSR count). The van der Waals surface area contributed by atoms with Crippen LogP contribution in [-0.4, -0.2) is 32.1 Å². The molecule has 2 aromatic heterocycles. The molecule has 7 nitrogen and oxygen atoms in total. The van der Waals surface area contributed by atoms with E-state index in [2.05, 4.69) is 20.4 Å². The minimum Gasteiger partial charge on any atom is -0.347 e. The van der Waals surface area contributed by atoms with Crippen LogP contribution in [0, 0.1) is 0 Å². The first-order chi connectivity index (χ1) is 14.1. The fourth-order valence-electron chi connectivity index (χ4n) is 3.02. The van der Waals surface area contributed by atoms with Crippen LogP contribution in [0.5, 0.6) is 0 Å². The molecule has 2 aromatic carbocycles. The van der Waals surface area contributed by atoms with Gasteiger partial charge in [0.15, 0.2) is 11.6 Å². The van der Waals surface area contributed by atoms with E-state index in [-0.39, 0.29) is 24.1 Å². The standard InChI is InChI=1S/C20H17F2N5O2/c21-17(22)18-24-14-8-4-5-9-15(14)27(18)12-16-25-20(29-26-16)19(28)23-11-10-13-6-2-1-3-7-13/h1-9,17H,10-12H2,(H,23,28). The Morgan fingerprint density at radius 2 is 1.83 bits per heavy atom. The normalized spacial score (nSPS) is 11.3. The lowest BCUT2D eigenvalue weighted by Crippen LogP contribution is -2.26. The quantitative estimate of drug-likeness (QED) is 0.517. The molecule has 0 saturated carbocycles. The van der Waals surface area contributed by atoms with Crippen molar-refractivity contribution in [1.82, 2.24) is 25.0 Å². The third kappa shape index (κ3) is 4.13. The van der Waals surface area contributed by atoms with Crippen LogP contribution < -0.4 is 5.32 Å². The number of hydrogen-bond acceptors (Lipinski definition) is 5. The van der Waals surface area contributed by atoms with Gasteiger partial charge >= 0.3 is 11.8 Å². The number of rotatable bonds is 7. The first-order valence-corrected chi connectivity index (χ1v) is 9.00. The molecule has 1 N–H and O–H groups in total. The zero-order valence-corrected chi connectivity index (χ0v) is 15.3. The van der Waals surface area contributed by atoms with Crippen LogP contribution in [0.15, 0.2) is 59.1 Å². The van der Waals surface area contributed by atoms with Gasteiger partial charge in [0.1, 0.15) is 0 Å². The lowest BCUT2D eigenvalue weighted by molar-refractivity contribution is 0.0910. The second-order valence-corrected chi connectivity index (χ2v) is 6.35. The lowest BCUT2D eigenvalue weighted by atomic mass is 10.1. The van der Waals surface area contributed by atoms with Crippen LogP contribution in [0.25, 0.3) is 11.0 Å². The van der Waals surface area contributed by atoms with Gasteiger partial charge in [0.25, 0.3) is 6.43 Å². The summed E-state index contributed by atoms with van der Waals surface area (Å²) in [6.45, 7) is 0.323. The Kier molecular flexibility index (Phi) is 5.28. The summed E-state index contributed by atoms with van der Waals surface area (Å²) in [6, 6.07) is 16.5. The summed E-state index contributed by atoms with van der Waals surface area (Å²) in [5.74, 6) is -0.992. The number of nitrogens with one attached hydrogen (secondary N) is 1. The minimum atomic E-state index is -2.75. The van der Waals surface area contributed by atoms with Gasteiger partial charge < -0.3 is 14.4 Å². The molecule has 148 valence electrons. The summed E-state index contributed by atoms with van der Waals surface area (Å²) in [5, 5.41) is 6.45. The molecule has 4 aromatic rings. The molecule has 0 aliphatic rings. The van der Waals surface area contributed by atoms with Crippen LogP contribution in [0.1, 0.15) is 34.3 Å². The maximum atomic E-state index is 13.4. The molecule has 0 atom stereocenters. The van der Waals surface area contributed by atoms with E-state index in [0.717, 1.165) is 5.56 Å². The molecule has 0 radical (unpaired) electrons. The van der Waals surface area contributed by atoms with E-state index >= 15 is 0 Å². The number of amides is 1. The molecule has 29 heavy (non-hydrogen) atoms. The maximum Gasteiger partial charge on any atom is 0.316 e. The molecule has 0 bridgehead atoms. The van der Waals surface area contributed by atoms with E-state index in [9.17, 15) is 13.6 Å². The minimum absolute atomic E-state index is 0.0824. The smallest absolute Gasteiger partial charge is 0.316 e. The molecule has 0 unspecified atom stereocenters. The molecule has 0 saturated heterocycles. The van der Waals surface area contributed by atoms with Crippen LogP contribution >= 0.6 is 0 Å². The van der Waals surface area contributed by atoms with E-state index in [1.165, 1.54) is 4.57 Å². The number of benzene rings is 2. The second-order valence-electron chi connectivity index (χ2n) is 6.35. The second kappa shape index (κ2) is 8.17. The van der Waals surface area contributed by atoms with Crippen molar-refractivity contribution in [1.29, 1.82) is 0 Å². The number of nitrogens with zero attached hydrogens (tertiary/aromatic N) is 4. The molecule has 0 aliphatic carbocycles. The van der Waals surface area contributed by atoms with Crippen LogP contribution in [0.4, 0.5) is 8.78 Å². The van der Waals surface area contributed by atoms with Gasteiger partial charge in [-0.15, -0.1) is 0 Å². The van der Waals surface area contributed by atoms with Crippen molar-refractivity contribution in [2.24, 2.45) is 0 Å². The van der Waals surface area contributed by atoms with Gasteiger partial charge in [0, 0.05) is 6.54 Å². The highest BCUT2D eigenvalue weighted by molar-refractivity contribution is 5.89. The topological polar surface area (TPSA) is 85.8 Å². The summed E-state index contributed by atoms with van der Waals surface area (Å²) < 4.78 is 33.1. The van der Waals surface area contributed by atoms with Gasteiger partial charge in [-0.05, 0) is 24.1 Å².